The smallest absolute Gasteiger partial charge is 0.406 e. The van der Waals surface area contributed by atoms with Gasteiger partial charge in [0, 0.05) is 19.5 Å². The Balaban J connectivity index is 1.86. The van der Waals surface area contributed by atoms with Crippen molar-refractivity contribution < 1.29 is 22.7 Å². The van der Waals surface area contributed by atoms with E-state index in [1.807, 2.05) is 7.05 Å². The largest absolute Gasteiger partial charge is 0.573 e. The zero-order chi connectivity index (χ0) is 17.6. The molecule has 7 heteroatoms. The van der Waals surface area contributed by atoms with Crippen molar-refractivity contribution in [1.82, 2.24) is 10.2 Å². The first kappa shape index (κ1) is 18.6. The predicted molar refractivity (Wildman–Crippen MR) is 84.7 cm³/mol. The van der Waals surface area contributed by atoms with Crippen LogP contribution in [0.5, 0.6) is 5.75 Å². The van der Waals surface area contributed by atoms with E-state index in [2.05, 4.69) is 10.1 Å². The summed E-state index contributed by atoms with van der Waals surface area (Å²) in [6.07, 6.45) is -2.38. The van der Waals surface area contributed by atoms with E-state index in [0.717, 1.165) is 19.4 Å². The number of hydrogen-bond acceptors (Lipinski definition) is 3. The maximum atomic E-state index is 12.4. The minimum atomic E-state index is -4.73. The molecule has 1 saturated heterocycles. The van der Waals surface area contributed by atoms with Crippen LogP contribution in [0.3, 0.4) is 0 Å². The summed E-state index contributed by atoms with van der Waals surface area (Å²) in [5, 5.41) is 3.14. The molecule has 0 saturated carbocycles. The number of amides is 1. The lowest BCUT2D eigenvalue weighted by Gasteiger charge is -2.32. The Morgan fingerprint density at radius 1 is 1.29 bits per heavy atom. The van der Waals surface area contributed by atoms with Crippen LogP contribution in [0.2, 0.25) is 0 Å². The number of nitrogens with one attached hydrogen (secondary N) is 1. The van der Waals surface area contributed by atoms with E-state index in [0.29, 0.717) is 24.6 Å². The van der Waals surface area contributed by atoms with Gasteiger partial charge in [-0.05, 0) is 50.4 Å². The third-order valence-corrected chi connectivity index (χ3v) is 4.27. The van der Waals surface area contributed by atoms with Crippen LogP contribution in [0.4, 0.5) is 13.2 Å². The number of halogens is 3. The first-order valence-corrected chi connectivity index (χ1v) is 8.15. The summed E-state index contributed by atoms with van der Waals surface area (Å²) >= 11 is 0. The zero-order valence-corrected chi connectivity index (χ0v) is 13.7. The van der Waals surface area contributed by atoms with Crippen LogP contribution in [-0.2, 0) is 11.2 Å². The summed E-state index contributed by atoms with van der Waals surface area (Å²) in [6.45, 7) is 2.38. The maximum absolute atomic E-state index is 12.4. The van der Waals surface area contributed by atoms with Crippen LogP contribution >= 0.6 is 0 Å². The first-order chi connectivity index (χ1) is 11.4. The molecule has 1 aromatic rings. The molecule has 24 heavy (non-hydrogen) atoms. The highest BCUT2D eigenvalue weighted by Gasteiger charge is 2.32. The molecule has 0 bridgehead atoms. The number of likely N-dealkylation sites (tertiary alicyclic amines) is 1. The van der Waals surface area contributed by atoms with Gasteiger partial charge in [-0.25, -0.2) is 0 Å². The number of carbonyl (C=O) groups is 1. The molecule has 1 N–H and O–H groups in total. The number of aryl methyl sites for hydroxylation is 1. The lowest BCUT2D eigenvalue weighted by atomic mass is 9.96. The number of para-hydroxylation sites is 1. The minimum absolute atomic E-state index is 0.0141. The van der Waals surface area contributed by atoms with E-state index in [9.17, 15) is 18.0 Å². The summed E-state index contributed by atoms with van der Waals surface area (Å²) in [4.78, 5) is 14.1. The van der Waals surface area contributed by atoms with Crippen LogP contribution in [0.1, 0.15) is 24.8 Å². The van der Waals surface area contributed by atoms with E-state index in [1.165, 1.54) is 12.1 Å². The quantitative estimate of drug-likeness (QED) is 0.863. The fourth-order valence-corrected chi connectivity index (χ4v) is 3.01. The number of benzene rings is 1. The average molecular weight is 344 g/mol. The highest BCUT2D eigenvalue weighted by atomic mass is 19.4. The molecule has 1 fully saturated rings. The molecule has 0 atom stereocenters. The lowest BCUT2D eigenvalue weighted by molar-refractivity contribution is -0.274. The summed E-state index contributed by atoms with van der Waals surface area (Å²) in [5.41, 5.74) is 0.397. The topological polar surface area (TPSA) is 41.6 Å². The molecule has 0 unspecified atom stereocenters. The Morgan fingerprint density at radius 2 is 1.96 bits per heavy atom. The fraction of sp³-hybridized carbons (Fsp3) is 0.588. The first-order valence-electron chi connectivity index (χ1n) is 8.15. The molecule has 1 aliphatic heterocycles. The van der Waals surface area contributed by atoms with Crippen molar-refractivity contribution >= 4 is 5.91 Å². The van der Waals surface area contributed by atoms with Crippen LogP contribution in [-0.4, -0.2) is 43.9 Å². The molecule has 0 radical (unpaired) electrons. The van der Waals surface area contributed by atoms with E-state index < -0.39 is 6.36 Å². The molecule has 0 spiro atoms. The van der Waals surface area contributed by atoms with Crippen molar-refractivity contribution in [1.29, 1.82) is 0 Å². The lowest BCUT2D eigenvalue weighted by Crippen LogP contribution is -2.40. The van der Waals surface area contributed by atoms with Crippen molar-refractivity contribution in [3.63, 3.8) is 0 Å². The Labute approximate surface area is 140 Å². The van der Waals surface area contributed by atoms with Crippen LogP contribution in [0, 0.1) is 5.92 Å². The summed E-state index contributed by atoms with van der Waals surface area (Å²) < 4.78 is 41.2. The molecular formula is C17H23F3N2O2. The molecule has 1 aliphatic rings. The molecule has 1 heterocycles. The standard InChI is InChI=1S/C17H23F3N2O2/c1-21-12-13-8-10-22(11-9-13)16(23)7-6-14-4-2-3-5-15(14)24-17(18,19)20/h2-5,13,21H,6-12H2,1H3. The normalized spacial score (nSPS) is 16.2. The van der Waals surface area contributed by atoms with Gasteiger partial charge in [-0.3, -0.25) is 4.79 Å². The number of hydrogen-bond donors (Lipinski definition) is 1. The number of alkyl halides is 3. The molecule has 1 amide bonds. The number of ether oxygens (including phenoxy) is 1. The van der Waals surface area contributed by atoms with Gasteiger partial charge < -0.3 is 15.0 Å². The second kappa shape index (κ2) is 8.37. The molecule has 1 aromatic carbocycles. The van der Waals surface area contributed by atoms with Gasteiger partial charge in [-0.2, -0.15) is 0 Å². The minimum Gasteiger partial charge on any atom is -0.406 e. The SMILES string of the molecule is CNCC1CCN(C(=O)CCc2ccccc2OC(F)(F)F)CC1. The van der Waals surface area contributed by atoms with Gasteiger partial charge in [0.05, 0.1) is 0 Å². The second-order valence-corrected chi connectivity index (χ2v) is 6.04. The number of rotatable bonds is 6. The van der Waals surface area contributed by atoms with Crippen molar-refractivity contribution in [3.05, 3.63) is 29.8 Å². The molecule has 0 aliphatic carbocycles. The zero-order valence-electron chi connectivity index (χ0n) is 13.7. The summed E-state index contributed by atoms with van der Waals surface area (Å²) in [6, 6.07) is 5.97. The van der Waals surface area contributed by atoms with E-state index in [-0.39, 0.29) is 24.5 Å². The van der Waals surface area contributed by atoms with Gasteiger partial charge in [0.2, 0.25) is 5.91 Å². The number of piperidine rings is 1. The monoisotopic (exact) mass is 344 g/mol. The number of carbonyl (C=O) groups excluding carboxylic acids is 1. The maximum Gasteiger partial charge on any atom is 0.573 e. The highest BCUT2D eigenvalue weighted by molar-refractivity contribution is 5.76. The highest BCUT2D eigenvalue weighted by Crippen LogP contribution is 2.27. The molecule has 2 rings (SSSR count). The van der Waals surface area contributed by atoms with Gasteiger partial charge in [-0.15, -0.1) is 13.2 Å². The van der Waals surface area contributed by atoms with E-state index in [1.54, 1.807) is 17.0 Å². The molecule has 134 valence electrons. The van der Waals surface area contributed by atoms with Crippen molar-refractivity contribution in [3.8, 4) is 5.75 Å². The second-order valence-electron chi connectivity index (χ2n) is 6.04. The fourth-order valence-electron chi connectivity index (χ4n) is 3.01. The Hall–Kier alpha value is -1.76. The van der Waals surface area contributed by atoms with Crippen molar-refractivity contribution in [2.45, 2.75) is 32.0 Å². The van der Waals surface area contributed by atoms with Crippen molar-refractivity contribution in [2.24, 2.45) is 5.92 Å². The molecule has 4 nitrogen and oxygen atoms in total. The van der Waals surface area contributed by atoms with Crippen LogP contribution < -0.4 is 10.1 Å². The van der Waals surface area contributed by atoms with Crippen LogP contribution in [0.25, 0.3) is 0 Å². The van der Waals surface area contributed by atoms with E-state index >= 15 is 0 Å². The van der Waals surface area contributed by atoms with Gasteiger partial charge in [0.25, 0.3) is 0 Å². The predicted octanol–water partition coefficient (Wildman–Crippen LogP) is 2.98. The van der Waals surface area contributed by atoms with Gasteiger partial charge in [0.15, 0.2) is 0 Å². The third kappa shape index (κ3) is 5.70. The average Bonchev–Trinajstić information content (AvgIpc) is 2.53. The summed E-state index contributed by atoms with van der Waals surface area (Å²) in [7, 11) is 1.91. The molecular weight excluding hydrogens is 321 g/mol. The Bertz CT molecular complexity index is 541. The number of nitrogens with zero attached hydrogens (tertiary/aromatic N) is 1. The Kier molecular flexibility index (Phi) is 6.48. The van der Waals surface area contributed by atoms with Gasteiger partial charge in [0.1, 0.15) is 5.75 Å². The van der Waals surface area contributed by atoms with Gasteiger partial charge >= 0.3 is 6.36 Å². The van der Waals surface area contributed by atoms with Gasteiger partial charge in [-0.1, -0.05) is 18.2 Å². The van der Waals surface area contributed by atoms with E-state index in [4.69, 9.17) is 0 Å². The van der Waals surface area contributed by atoms with Crippen LogP contribution in [0.15, 0.2) is 24.3 Å². The summed E-state index contributed by atoms with van der Waals surface area (Å²) in [5.74, 6) is 0.338. The Morgan fingerprint density at radius 3 is 2.58 bits per heavy atom. The molecule has 0 aromatic heterocycles. The third-order valence-electron chi connectivity index (χ3n) is 4.27. The van der Waals surface area contributed by atoms with Crippen molar-refractivity contribution in [2.75, 3.05) is 26.7 Å².